The number of nitrogens with zero attached hydrogens (tertiary/aromatic N) is 3. The summed E-state index contributed by atoms with van der Waals surface area (Å²) >= 11 is 0. The van der Waals surface area contributed by atoms with E-state index in [1.165, 1.54) is 0 Å². The highest BCUT2D eigenvalue weighted by molar-refractivity contribution is 5.80. The summed E-state index contributed by atoms with van der Waals surface area (Å²) in [5, 5.41) is 7.44. The van der Waals surface area contributed by atoms with Gasteiger partial charge in [-0.2, -0.15) is 5.10 Å². The molecule has 1 aliphatic rings. The smallest absolute Gasteiger partial charge is 0.227 e. The zero-order valence-corrected chi connectivity index (χ0v) is 18.6. The largest absolute Gasteiger partial charge is 0.493 e. The van der Waals surface area contributed by atoms with E-state index in [1.807, 2.05) is 35.4 Å². The first-order valence-corrected chi connectivity index (χ1v) is 10.7. The molecule has 4 rings (SSSR count). The molecule has 3 aromatic rings. The molecule has 32 heavy (non-hydrogen) atoms. The number of carbonyl (C=O) groups is 1. The Hall–Kier alpha value is -3.55. The summed E-state index contributed by atoms with van der Waals surface area (Å²) in [6.07, 6.45) is 8.53. The fourth-order valence-electron chi connectivity index (χ4n) is 4.36. The van der Waals surface area contributed by atoms with E-state index in [0.29, 0.717) is 23.8 Å². The van der Waals surface area contributed by atoms with Crippen molar-refractivity contribution >= 4 is 5.91 Å². The molecule has 1 aliphatic heterocycles. The van der Waals surface area contributed by atoms with Crippen LogP contribution in [-0.2, 0) is 11.2 Å². The van der Waals surface area contributed by atoms with Crippen molar-refractivity contribution in [2.24, 2.45) is 0 Å². The van der Waals surface area contributed by atoms with Crippen molar-refractivity contribution in [3.63, 3.8) is 0 Å². The molecule has 2 aromatic heterocycles. The lowest BCUT2D eigenvalue weighted by atomic mass is 9.94. The molecule has 1 N–H and O–H groups in total. The topological polar surface area (TPSA) is 89.6 Å². The summed E-state index contributed by atoms with van der Waals surface area (Å²) in [6, 6.07) is 7.52. The molecule has 8 nitrogen and oxygen atoms in total. The number of methoxy groups -OCH3 is 3. The Bertz CT molecular complexity index is 1040. The Balaban J connectivity index is 1.61. The van der Waals surface area contributed by atoms with Gasteiger partial charge in [-0.1, -0.05) is 0 Å². The van der Waals surface area contributed by atoms with Crippen LogP contribution in [0.5, 0.6) is 17.2 Å². The van der Waals surface area contributed by atoms with Crippen LogP contribution in [0.1, 0.15) is 36.6 Å². The van der Waals surface area contributed by atoms with Crippen LogP contribution in [0, 0.1) is 0 Å². The molecule has 1 atom stereocenters. The highest BCUT2D eigenvalue weighted by Gasteiger charge is 2.31. The number of hydrogen-bond donors (Lipinski definition) is 1. The Labute approximate surface area is 187 Å². The quantitative estimate of drug-likeness (QED) is 0.606. The van der Waals surface area contributed by atoms with Crippen molar-refractivity contribution in [1.82, 2.24) is 20.1 Å². The number of ether oxygens (including phenoxy) is 3. The van der Waals surface area contributed by atoms with Crippen molar-refractivity contribution in [2.75, 3.05) is 27.9 Å². The number of likely N-dealkylation sites (tertiary alicyclic amines) is 1. The minimum absolute atomic E-state index is 0.0519. The van der Waals surface area contributed by atoms with Crippen LogP contribution in [0.2, 0.25) is 0 Å². The highest BCUT2D eigenvalue weighted by atomic mass is 16.5. The van der Waals surface area contributed by atoms with E-state index in [4.69, 9.17) is 14.2 Å². The van der Waals surface area contributed by atoms with Gasteiger partial charge in [0.1, 0.15) is 0 Å². The van der Waals surface area contributed by atoms with Gasteiger partial charge in [0.2, 0.25) is 11.7 Å². The van der Waals surface area contributed by atoms with Gasteiger partial charge in [0.25, 0.3) is 0 Å². The average Bonchev–Trinajstić information content (AvgIpc) is 3.33. The minimum Gasteiger partial charge on any atom is -0.493 e. The van der Waals surface area contributed by atoms with Gasteiger partial charge in [-0.25, -0.2) is 0 Å². The summed E-state index contributed by atoms with van der Waals surface area (Å²) in [7, 11) is 4.71. The van der Waals surface area contributed by atoms with Crippen LogP contribution in [0.15, 0.2) is 42.9 Å². The normalized spacial score (nSPS) is 16.0. The Morgan fingerprint density at radius 1 is 1.09 bits per heavy atom. The maximum atomic E-state index is 13.4. The third-order valence-electron chi connectivity index (χ3n) is 5.90. The Kier molecular flexibility index (Phi) is 6.58. The van der Waals surface area contributed by atoms with Gasteiger partial charge in [-0.3, -0.25) is 14.9 Å². The first-order valence-electron chi connectivity index (χ1n) is 10.7. The number of carbonyl (C=O) groups excluding carboxylic acids is 1. The lowest BCUT2D eigenvalue weighted by Crippen LogP contribution is -2.39. The second kappa shape index (κ2) is 9.72. The summed E-state index contributed by atoms with van der Waals surface area (Å²) in [5.74, 6) is 1.65. The molecule has 1 saturated heterocycles. The lowest BCUT2D eigenvalue weighted by molar-refractivity contribution is -0.134. The van der Waals surface area contributed by atoms with E-state index in [2.05, 4.69) is 15.2 Å². The number of piperidine rings is 1. The number of amides is 1. The van der Waals surface area contributed by atoms with Crippen LogP contribution in [0.4, 0.5) is 0 Å². The van der Waals surface area contributed by atoms with E-state index in [-0.39, 0.29) is 18.4 Å². The molecule has 0 bridgehead atoms. The van der Waals surface area contributed by atoms with Crippen LogP contribution in [-0.4, -0.2) is 53.9 Å². The third-order valence-corrected chi connectivity index (χ3v) is 5.90. The minimum atomic E-state index is -0.0519. The van der Waals surface area contributed by atoms with Crippen LogP contribution >= 0.6 is 0 Å². The van der Waals surface area contributed by atoms with Gasteiger partial charge in [-0.15, -0.1) is 0 Å². The van der Waals surface area contributed by atoms with Gasteiger partial charge in [0.05, 0.1) is 45.7 Å². The Morgan fingerprint density at radius 3 is 2.47 bits per heavy atom. The molecule has 0 saturated carbocycles. The number of aromatic nitrogens is 3. The molecule has 3 heterocycles. The molecule has 0 unspecified atom stereocenters. The number of hydrogen-bond acceptors (Lipinski definition) is 6. The second-order valence-electron chi connectivity index (χ2n) is 7.74. The van der Waals surface area contributed by atoms with E-state index >= 15 is 0 Å². The van der Waals surface area contributed by atoms with Crippen molar-refractivity contribution in [1.29, 1.82) is 0 Å². The van der Waals surface area contributed by atoms with Gasteiger partial charge in [0.15, 0.2) is 11.5 Å². The third kappa shape index (κ3) is 4.26. The molecule has 168 valence electrons. The van der Waals surface area contributed by atoms with Gasteiger partial charge >= 0.3 is 0 Å². The molecule has 0 spiro atoms. The maximum absolute atomic E-state index is 13.4. The molecule has 8 heteroatoms. The number of benzene rings is 1. The summed E-state index contributed by atoms with van der Waals surface area (Å²) < 4.78 is 16.3. The first kappa shape index (κ1) is 21.7. The number of rotatable bonds is 7. The van der Waals surface area contributed by atoms with Crippen molar-refractivity contribution < 1.29 is 19.0 Å². The summed E-state index contributed by atoms with van der Waals surface area (Å²) in [4.78, 5) is 19.5. The SMILES string of the molecule is COc1cc(CC(=O)N2CCCC[C@@H]2c2[nH]ncc2-c2ccncc2)cc(OC)c1OC. The van der Waals surface area contributed by atoms with Crippen molar-refractivity contribution in [3.8, 4) is 28.4 Å². The molecule has 0 aliphatic carbocycles. The number of H-pyrrole nitrogens is 1. The monoisotopic (exact) mass is 436 g/mol. The molecular weight excluding hydrogens is 408 g/mol. The standard InChI is InChI=1S/C24H28N4O4/c1-30-20-12-16(13-21(31-2)24(20)32-3)14-22(29)28-11-5-4-6-19(28)23-18(15-26-27-23)17-7-9-25-10-8-17/h7-10,12-13,15,19H,4-6,11,14H2,1-3H3,(H,26,27)/t19-/m1/s1. The van der Waals surface area contributed by atoms with Crippen LogP contribution in [0.3, 0.4) is 0 Å². The first-order chi connectivity index (χ1) is 15.7. The highest BCUT2D eigenvalue weighted by Crippen LogP contribution is 2.39. The summed E-state index contributed by atoms with van der Waals surface area (Å²) in [5.41, 5.74) is 3.82. The van der Waals surface area contributed by atoms with Crippen LogP contribution in [0.25, 0.3) is 11.1 Å². The second-order valence-corrected chi connectivity index (χ2v) is 7.74. The van der Waals surface area contributed by atoms with Crippen LogP contribution < -0.4 is 14.2 Å². The zero-order chi connectivity index (χ0) is 22.5. The number of pyridine rings is 1. The molecule has 1 fully saturated rings. The summed E-state index contributed by atoms with van der Waals surface area (Å²) in [6.45, 7) is 0.711. The fraction of sp³-hybridized carbons (Fsp3) is 0.375. The molecular formula is C24H28N4O4. The zero-order valence-electron chi connectivity index (χ0n) is 18.6. The van der Waals surface area contributed by atoms with E-state index in [0.717, 1.165) is 41.6 Å². The van der Waals surface area contributed by atoms with Gasteiger partial charge in [-0.05, 0) is 54.7 Å². The number of aromatic amines is 1. The van der Waals surface area contributed by atoms with E-state index in [1.54, 1.807) is 33.7 Å². The molecule has 1 aromatic carbocycles. The van der Waals surface area contributed by atoms with Gasteiger partial charge < -0.3 is 19.1 Å². The van der Waals surface area contributed by atoms with Crippen molar-refractivity contribution in [2.45, 2.75) is 31.7 Å². The van der Waals surface area contributed by atoms with E-state index < -0.39 is 0 Å². The van der Waals surface area contributed by atoms with Crippen molar-refractivity contribution in [3.05, 3.63) is 54.1 Å². The lowest BCUT2D eigenvalue weighted by Gasteiger charge is -2.36. The maximum Gasteiger partial charge on any atom is 0.227 e. The molecule has 0 radical (unpaired) electrons. The predicted octanol–water partition coefficient (Wildman–Crippen LogP) is 3.79. The average molecular weight is 437 g/mol. The molecule has 1 amide bonds. The fourth-order valence-corrected chi connectivity index (χ4v) is 4.36. The van der Waals surface area contributed by atoms with Gasteiger partial charge in [0, 0.05) is 24.5 Å². The Morgan fingerprint density at radius 2 is 1.81 bits per heavy atom. The van der Waals surface area contributed by atoms with E-state index in [9.17, 15) is 4.79 Å². The predicted molar refractivity (Wildman–Crippen MR) is 120 cm³/mol. The number of nitrogens with one attached hydrogen (secondary N) is 1.